The molecule has 1 aliphatic heterocycles. The van der Waals surface area contributed by atoms with Crippen molar-refractivity contribution < 1.29 is 19.4 Å². The number of hydrogen-bond donors (Lipinski definition) is 1. The maximum absolute atomic E-state index is 13.3. The molecule has 1 fully saturated rings. The van der Waals surface area contributed by atoms with Gasteiger partial charge in [-0.25, -0.2) is 0 Å². The van der Waals surface area contributed by atoms with Crippen molar-refractivity contribution in [3.63, 3.8) is 0 Å². The molecule has 0 spiro atoms. The normalized spacial score (nSPS) is 17.3. The first-order chi connectivity index (χ1) is 16.7. The molecule has 6 nitrogen and oxygen atoms in total. The zero-order valence-electron chi connectivity index (χ0n) is 20.7. The van der Waals surface area contributed by atoms with E-state index in [4.69, 9.17) is 4.74 Å². The summed E-state index contributed by atoms with van der Waals surface area (Å²) >= 11 is 0. The van der Waals surface area contributed by atoms with Crippen LogP contribution in [-0.4, -0.2) is 28.4 Å². The van der Waals surface area contributed by atoms with E-state index in [9.17, 15) is 14.7 Å². The molecule has 1 saturated heterocycles. The first-order valence-electron chi connectivity index (χ1n) is 11.7. The van der Waals surface area contributed by atoms with Gasteiger partial charge in [-0.2, -0.15) is 0 Å². The lowest BCUT2D eigenvalue weighted by atomic mass is 9.95. The first-order valence-corrected chi connectivity index (χ1v) is 11.7. The van der Waals surface area contributed by atoms with Gasteiger partial charge in [-0.15, -0.1) is 0 Å². The lowest BCUT2D eigenvalue weighted by Gasteiger charge is -2.26. The summed E-state index contributed by atoms with van der Waals surface area (Å²) in [5.74, 6) is -0.513. The fourth-order valence-electron chi connectivity index (χ4n) is 4.21. The molecule has 1 atom stereocenters. The summed E-state index contributed by atoms with van der Waals surface area (Å²) in [4.78, 5) is 32.2. The molecular weight excluding hydrogens is 440 g/mol. The van der Waals surface area contributed by atoms with Crippen molar-refractivity contribution in [2.75, 3.05) is 11.5 Å². The summed E-state index contributed by atoms with van der Waals surface area (Å²) in [5.41, 5.74) is 4.72. The van der Waals surface area contributed by atoms with Crippen molar-refractivity contribution in [2.45, 2.75) is 40.7 Å². The van der Waals surface area contributed by atoms with Gasteiger partial charge in [0, 0.05) is 23.6 Å². The van der Waals surface area contributed by atoms with Crippen molar-refractivity contribution in [1.82, 2.24) is 4.98 Å². The highest BCUT2D eigenvalue weighted by Crippen LogP contribution is 2.42. The number of rotatable bonds is 6. The summed E-state index contributed by atoms with van der Waals surface area (Å²) in [6, 6.07) is 13.6. The third-order valence-corrected chi connectivity index (χ3v) is 6.26. The molecule has 0 bridgehead atoms. The predicted molar refractivity (Wildman–Crippen MR) is 136 cm³/mol. The Morgan fingerprint density at radius 2 is 1.69 bits per heavy atom. The lowest BCUT2D eigenvalue weighted by Crippen LogP contribution is -2.29. The summed E-state index contributed by atoms with van der Waals surface area (Å²) in [6.45, 7) is 10.6. The number of nitrogens with zero attached hydrogens (tertiary/aromatic N) is 2. The molecule has 1 amide bonds. The highest BCUT2D eigenvalue weighted by atomic mass is 16.5. The number of Topliss-reactive ketones (excluding diaryl/α,β-unsaturated/α-hetero) is 1. The number of amides is 1. The highest BCUT2D eigenvalue weighted by molar-refractivity contribution is 6.51. The van der Waals surface area contributed by atoms with Crippen LogP contribution in [0.5, 0.6) is 5.75 Å². The molecule has 1 unspecified atom stereocenters. The number of carbonyl (C=O) groups is 2. The van der Waals surface area contributed by atoms with Gasteiger partial charge < -0.3 is 9.84 Å². The van der Waals surface area contributed by atoms with Gasteiger partial charge in [0.25, 0.3) is 11.7 Å². The zero-order chi connectivity index (χ0) is 25.3. The Kier molecular flexibility index (Phi) is 6.74. The van der Waals surface area contributed by atoms with E-state index in [2.05, 4.69) is 18.8 Å². The standard InChI is InChI=1S/C29H30N2O4/c1-17(2)16-35-24-9-7-22(14-20(24)5)27(32)25-26(21-10-12-30-13-11-21)31(29(34)28(25)33)23-8-6-18(3)19(4)15-23/h6-15,17,26,32H,16H2,1-5H3/b27-25+. The number of aryl methyl sites for hydroxylation is 3. The van der Waals surface area contributed by atoms with Crippen molar-refractivity contribution in [2.24, 2.45) is 5.92 Å². The Morgan fingerprint density at radius 1 is 0.971 bits per heavy atom. The monoisotopic (exact) mass is 470 g/mol. The smallest absolute Gasteiger partial charge is 0.300 e. The van der Waals surface area contributed by atoms with Gasteiger partial charge in [0.15, 0.2) is 0 Å². The fraction of sp³-hybridized carbons (Fsp3) is 0.276. The topological polar surface area (TPSA) is 79.7 Å². The van der Waals surface area contributed by atoms with Gasteiger partial charge in [0.1, 0.15) is 11.5 Å². The Hall–Kier alpha value is -3.93. The summed E-state index contributed by atoms with van der Waals surface area (Å²) in [5, 5.41) is 11.4. The van der Waals surface area contributed by atoms with E-state index in [1.807, 2.05) is 39.0 Å². The van der Waals surface area contributed by atoms with Crippen LogP contribution < -0.4 is 9.64 Å². The maximum atomic E-state index is 13.3. The average Bonchev–Trinajstić information content (AvgIpc) is 3.10. The lowest BCUT2D eigenvalue weighted by molar-refractivity contribution is -0.132. The molecule has 180 valence electrons. The Bertz CT molecular complexity index is 1310. The molecule has 1 aliphatic rings. The number of ether oxygens (including phenoxy) is 1. The Balaban J connectivity index is 1.84. The second-order valence-corrected chi connectivity index (χ2v) is 9.40. The van der Waals surface area contributed by atoms with E-state index in [0.29, 0.717) is 29.3 Å². The minimum atomic E-state index is -0.780. The molecule has 2 aromatic carbocycles. The van der Waals surface area contributed by atoms with Gasteiger partial charge in [0.05, 0.1) is 18.2 Å². The molecule has 0 aliphatic carbocycles. The van der Waals surface area contributed by atoms with E-state index in [1.54, 1.807) is 42.7 Å². The van der Waals surface area contributed by atoms with Gasteiger partial charge >= 0.3 is 0 Å². The largest absolute Gasteiger partial charge is 0.507 e. The molecule has 1 N–H and O–H groups in total. The van der Waals surface area contributed by atoms with Crippen LogP contribution in [0.3, 0.4) is 0 Å². The molecule has 35 heavy (non-hydrogen) atoms. The van der Waals surface area contributed by atoms with Crippen LogP contribution in [0.15, 0.2) is 66.5 Å². The van der Waals surface area contributed by atoms with Gasteiger partial charge in [0.2, 0.25) is 0 Å². The zero-order valence-corrected chi connectivity index (χ0v) is 20.7. The number of carbonyl (C=O) groups excluding carboxylic acids is 2. The Labute approximate surface area is 205 Å². The summed E-state index contributed by atoms with van der Waals surface area (Å²) in [6.07, 6.45) is 3.22. The summed E-state index contributed by atoms with van der Waals surface area (Å²) in [7, 11) is 0. The second-order valence-electron chi connectivity index (χ2n) is 9.40. The fourth-order valence-corrected chi connectivity index (χ4v) is 4.21. The molecule has 6 heteroatoms. The predicted octanol–water partition coefficient (Wildman–Crippen LogP) is 5.67. The summed E-state index contributed by atoms with van der Waals surface area (Å²) < 4.78 is 5.85. The maximum Gasteiger partial charge on any atom is 0.300 e. The number of pyridine rings is 1. The van der Waals surface area contributed by atoms with E-state index < -0.39 is 17.7 Å². The molecule has 0 radical (unpaired) electrons. The first kappa shape index (κ1) is 24.2. The van der Waals surface area contributed by atoms with Crippen molar-refractivity contribution >= 4 is 23.1 Å². The quantitative estimate of drug-likeness (QED) is 0.285. The number of hydrogen-bond acceptors (Lipinski definition) is 5. The third-order valence-electron chi connectivity index (χ3n) is 6.26. The van der Waals surface area contributed by atoms with Gasteiger partial charge in [-0.1, -0.05) is 19.9 Å². The second kappa shape index (κ2) is 9.74. The number of anilines is 1. The number of aliphatic hydroxyl groups is 1. The SMILES string of the molecule is Cc1ccc(N2C(=O)C(=O)/C(=C(/O)c3ccc(OCC(C)C)c(C)c3)C2c2ccncc2)cc1C. The molecule has 2 heterocycles. The van der Waals surface area contributed by atoms with Crippen molar-refractivity contribution in [3.8, 4) is 5.75 Å². The third kappa shape index (κ3) is 4.69. The minimum Gasteiger partial charge on any atom is -0.507 e. The van der Waals surface area contributed by atoms with Gasteiger partial charge in [-0.05, 0) is 91.4 Å². The average molecular weight is 471 g/mol. The van der Waals surface area contributed by atoms with Crippen LogP contribution in [0.25, 0.3) is 5.76 Å². The van der Waals surface area contributed by atoms with Crippen molar-refractivity contribution in [3.05, 3.63) is 94.3 Å². The van der Waals surface area contributed by atoms with E-state index >= 15 is 0 Å². The van der Waals surface area contributed by atoms with Crippen LogP contribution in [0.4, 0.5) is 5.69 Å². The van der Waals surface area contributed by atoms with Crippen LogP contribution >= 0.6 is 0 Å². The number of ketones is 1. The van der Waals surface area contributed by atoms with E-state index in [0.717, 1.165) is 22.4 Å². The van der Waals surface area contributed by atoms with E-state index in [1.165, 1.54) is 4.90 Å². The number of aliphatic hydroxyl groups excluding tert-OH is 1. The van der Waals surface area contributed by atoms with Crippen molar-refractivity contribution in [1.29, 1.82) is 0 Å². The van der Waals surface area contributed by atoms with Crippen LogP contribution in [0.1, 0.15) is 47.7 Å². The number of benzene rings is 2. The molecule has 3 aromatic rings. The Morgan fingerprint density at radius 3 is 2.31 bits per heavy atom. The van der Waals surface area contributed by atoms with Crippen LogP contribution in [0, 0.1) is 26.7 Å². The van der Waals surface area contributed by atoms with Crippen LogP contribution in [-0.2, 0) is 9.59 Å². The van der Waals surface area contributed by atoms with Gasteiger partial charge in [-0.3, -0.25) is 19.5 Å². The van der Waals surface area contributed by atoms with Crippen LogP contribution in [0.2, 0.25) is 0 Å². The molecule has 1 aromatic heterocycles. The molecular formula is C29H30N2O4. The van der Waals surface area contributed by atoms with E-state index in [-0.39, 0.29) is 11.3 Å². The number of aromatic nitrogens is 1. The molecule has 4 rings (SSSR count). The highest BCUT2D eigenvalue weighted by Gasteiger charge is 2.47. The molecule has 0 saturated carbocycles. The minimum absolute atomic E-state index is 0.0506.